The lowest BCUT2D eigenvalue weighted by Crippen LogP contribution is -2.22. The van der Waals surface area contributed by atoms with Gasteiger partial charge in [-0.05, 0) is 31.6 Å². The zero-order valence-corrected chi connectivity index (χ0v) is 15.6. The second-order valence-corrected chi connectivity index (χ2v) is 7.55. The summed E-state index contributed by atoms with van der Waals surface area (Å²) in [4.78, 5) is 0. The minimum Gasteiger partial charge on any atom is -0.390 e. The molecule has 0 spiro atoms. The molecule has 1 N–H and O–H groups in total. The molecule has 0 radical (unpaired) electrons. The van der Waals surface area contributed by atoms with Crippen molar-refractivity contribution in [2.75, 3.05) is 0 Å². The van der Waals surface area contributed by atoms with Gasteiger partial charge < -0.3 is 5.11 Å². The summed E-state index contributed by atoms with van der Waals surface area (Å²) in [7, 11) is 0. The molecule has 0 aromatic heterocycles. The van der Waals surface area contributed by atoms with Gasteiger partial charge in [0.25, 0.3) is 0 Å². The van der Waals surface area contributed by atoms with Crippen LogP contribution in [-0.4, -0.2) is 10.7 Å². The minimum atomic E-state index is -0.429. The maximum Gasteiger partial charge on any atom is 0.0617 e. The molecule has 128 valence electrons. The zero-order valence-electron chi connectivity index (χ0n) is 15.6. The van der Waals surface area contributed by atoms with Gasteiger partial charge in [-0.2, -0.15) is 0 Å². The van der Waals surface area contributed by atoms with Crippen LogP contribution in [0.2, 0.25) is 0 Å². The topological polar surface area (TPSA) is 20.2 Å². The van der Waals surface area contributed by atoms with E-state index < -0.39 is 5.60 Å². The molecule has 1 nitrogen and oxygen atoms in total. The molecule has 0 amide bonds. The van der Waals surface area contributed by atoms with Gasteiger partial charge in [-0.1, -0.05) is 91.9 Å². The Kier molecular flexibility index (Phi) is 12.5. The largest absolute Gasteiger partial charge is 0.390 e. The van der Waals surface area contributed by atoms with Crippen LogP contribution in [0.5, 0.6) is 0 Å². The van der Waals surface area contributed by atoms with Crippen molar-refractivity contribution in [1.82, 2.24) is 0 Å². The molecule has 0 aliphatic carbocycles. The summed E-state index contributed by atoms with van der Waals surface area (Å²) in [6, 6.07) is 0. The second kappa shape index (κ2) is 12.5. The lowest BCUT2D eigenvalue weighted by Gasteiger charge is -2.21. The third-order valence-electron chi connectivity index (χ3n) is 5.27. The number of unbranched alkanes of at least 4 members (excludes halogenated alkanes) is 3. The van der Waals surface area contributed by atoms with Crippen molar-refractivity contribution >= 4 is 0 Å². The summed E-state index contributed by atoms with van der Waals surface area (Å²) in [6.45, 7) is 11.1. The highest BCUT2D eigenvalue weighted by Crippen LogP contribution is 2.24. The average molecular weight is 299 g/mol. The molecule has 0 aliphatic rings. The van der Waals surface area contributed by atoms with Crippen LogP contribution in [-0.2, 0) is 0 Å². The summed E-state index contributed by atoms with van der Waals surface area (Å²) in [5.41, 5.74) is -0.429. The summed E-state index contributed by atoms with van der Waals surface area (Å²) in [6.07, 6.45) is 15.4. The van der Waals surface area contributed by atoms with Gasteiger partial charge in [-0.3, -0.25) is 0 Å². The van der Waals surface area contributed by atoms with E-state index >= 15 is 0 Å². The van der Waals surface area contributed by atoms with Gasteiger partial charge in [-0.25, -0.2) is 0 Å². The van der Waals surface area contributed by atoms with Gasteiger partial charge in [0.15, 0.2) is 0 Å². The minimum absolute atomic E-state index is 0.429. The van der Waals surface area contributed by atoms with Crippen LogP contribution in [0.4, 0.5) is 0 Å². The van der Waals surface area contributed by atoms with Crippen LogP contribution < -0.4 is 0 Å². The van der Waals surface area contributed by atoms with E-state index in [4.69, 9.17) is 0 Å². The zero-order chi connectivity index (χ0) is 16.1. The standard InChI is InChI=1S/C20H42O/c1-6-13-19(7-2)16-15-18(4)14-11-9-10-12-17-20(5,21)8-3/h18-19,21H,6-17H2,1-5H3/t18-,19-,20-/m0/s1. The van der Waals surface area contributed by atoms with Gasteiger partial charge >= 0.3 is 0 Å². The lowest BCUT2D eigenvalue weighted by atomic mass is 9.89. The summed E-state index contributed by atoms with van der Waals surface area (Å²) in [5.74, 6) is 1.86. The maximum atomic E-state index is 9.96. The van der Waals surface area contributed by atoms with Crippen LogP contribution in [0, 0.1) is 11.8 Å². The Balaban J connectivity index is 3.51. The summed E-state index contributed by atoms with van der Waals surface area (Å²) < 4.78 is 0. The fourth-order valence-corrected chi connectivity index (χ4v) is 3.15. The fourth-order valence-electron chi connectivity index (χ4n) is 3.15. The maximum absolute atomic E-state index is 9.96. The Morgan fingerprint density at radius 2 is 1.52 bits per heavy atom. The van der Waals surface area contributed by atoms with Crippen molar-refractivity contribution < 1.29 is 5.11 Å². The fraction of sp³-hybridized carbons (Fsp3) is 1.00. The number of aliphatic hydroxyl groups is 1. The molecule has 3 atom stereocenters. The monoisotopic (exact) mass is 298 g/mol. The highest BCUT2D eigenvalue weighted by Gasteiger charge is 2.16. The predicted molar refractivity (Wildman–Crippen MR) is 95.7 cm³/mol. The summed E-state index contributed by atoms with van der Waals surface area (Å²) in [5, 5.41) is 9.96. The Labute approximate surface area is 134 Å². The number of hydrogen-bond donors (Lipinski definition) is 1. The Hall–Kier alpha value is -0.0400. The van der Waals surface area contributed by atoms with Crippen molar-refractivity contribution in [3.05, 3.63) is 0 Å². The van der Waals surface area contributed by atoms with Crippen LogP contribution >= 0.6 is 0 Å². The number of rotatable bonds is 14. The molecular formula is C20H42O. The molecule has 0 bridgehead atoms. The Morgan fingerprint density at radius 3 is 2.10 bits per heavy atom. The molecule has 0 saturated heterocycles. The third-order valence-corrected chi connectivity index (χ3v) is 5.27. The van der Waals surface area contributed by atoms with E-state index in [1.165, 1.54) is 64.2 Å². The molecular weight excluding hydrogens is 256 g/mol. The highest BCUT2D eigenvalue weighted by molar-refractivity contribution is 4.69. The van der Waals surface area contributed by atoms with Crippen molar-refractivity contribution in [3.8, 4) is 0 Å². The van der Waals surface area contributed by atoms with E-state index in [0.717, 1.165) is 24.7 Å². The molecule has 1 heteroatoms. The van der Waals surface area contributed by atoms with Crippen LogP contribution in [0.3, 0.4) is 0 Å². The molecule has 0 aliphatic heterocycles. The molecule has 0 saturated carbocycles. The van der Waals surface area contributed by atoms with Gasteiger partial charge in [0.2, 0.25) is 0 Å². The first kappa shape index (κ1) is 21.0. The van der Waals surface area contributed by atoms with Gasteiger partial charge in [0.05, 0.1) is 5.60 Å². The van der Waals surface area contributed by atoms with Gasteiger partial charge in [0.1, 0.15) is 0 Å². The van der Waals surface area contributed by atoms with E-state index in [2.05, 4.69) is 27.7 Å². The molecule has 0 heterocycles. The predicted octanol–water partition coefficient (Wildman–Crippen LogP) is 6.73. The quantitative estimate of drug-likeness (QED) is 0.352. The van der Waals surface area contributed by atoms with E-state index in [1.807, 2.05) is 6.92 Å². The average Bonchev–Trinajstić information content (AvgIpc) is 2.47. The molecule has 0 aromatic rings. The first-order chi connectivity index (χ1) is 9.95. The molecule has 0 aromatic carbocycles. The Bertz CT molecular complexity index is 222. The van der Waals surface area contributed by atoms with Crippen molar-refractivity contribution in [2.45, 2.75) is 117 Å². The van der Waals surface area contributed by atoms with Crippen LogP contribution in [0.25, 0.3) is 0 Å². The van der Waals surface area contributed by atoms with Crippen LogP contribution in [0.1, 0.15) is 112 Å². The highest BCUT2D eigenvalue weighted by atomic mass is 16.3. The van der Waals surface area contributed by atoms with E-state index in [-0.39, 0.29) is 0 Å². The summed E-state index contributed by atoms with van der Waals surface area (Å²) >= 11 is 0. The smallest absolute Gasteiger partial charge is 0.0617 e. The van der Waals surface area contributed by atoms with E-state index in [0.29, 0.717) is 0 Å². The molecule has 0 fully saturated rings. The van der Waals surface area contributed by atoms with Crippen molar-refractivity contribution in [1.29, 1.82) is 0 Å². The van der Waals surface area contributed by atoms with Crippen LogP contribution in [0.15, 0.2) is 0 Å². The first-order valence-electron chi connectivity index (χ1n) is 9.67. The van der Waals surface area contributed by atoms with Crippen molar-refractivity contribution in [2.24, 2.45) is 11.8 Å². The van der Waals surface area contributed by atoms with E-state index in [1.54, 1.807) is 0 Å². The van der Waals surface area contributed by atoms with Crippen molar-refractivity contribution in [3.63, 3.8) is 0 Å². The molecule has 0 unspecified atom stereocenters. The normalized spacial score (nSPS) is 17.4. The van der Waals surface area contributed by atoms with Gasteiger partial charge in [0, 0.05) is 0 Å². The SMILES string of the molecule is CCC[C@H](CC)CC[C@@H](C)CCCCCC[C@@](C)(O)CC. The van der Waals surface area contributed by atoms with E-state index in [9.17, 15) is 5.11 Å². The molecule has 0 rings (SSSR count). The Morgan fingerprint density at radius 1 is 0.857 bits per heavy atom. The lowest BCUT2D eigenvalue weighted by molar-refractivity contribution is 0.0442. The van der Waals surface area contributed by atoms with Gasteiger partial charge in [-0.15, -0.1) is 0 Å². The number of hydrogen-bond acceptors (Lipinski definition) is 1. The molecule has 21 heavy (non-hydrogen) atoms. The third kappa shape index (κ3) is 12.2. The second-order valence-electron chi connectivity index (χ2n) is 7.55. The first-order valence-corrected chi connectivity index (χ1v) is 9.67.